The molecule has 0 radical (unpaired) electrons. The van der Waals surface area contributed by atoms with Gasteiger partial charge in [0.25, 0.3) is 5.56 Å². The number of nitrogens with two attached hydrogens (primary N) is 1. The van der Waals surface area contributed by atoms with E-state index in [0.29, 0.717) is 28.3 Å². The Morgan fingerprint density at radius 1 is 1.28 bits per heavy atom. The first-order valence-corrected chi connectivity index (χ1v) is 7.59. The molecule has 0 aliphatic carbocycles. The molecule has 1 unspecified atom stereocenters. The summed E-state index contributed by atoms with van der Waals surface area (Å²) < 4.78 is 15.6. The van der Waals surface area contributed by atoms with Gasteiger partial charge in [0.1, 0.15) is 17.1 Å². The van der Waals surface area contributed by atoms with Gasteiger partial charge in [0, 0.05) is 11.8 Å². The van der Waals surface area contributed by atoms with Gasteiger partial charge in [-0.1, -0.05) is 12.1 Å². The molecule has 0 bridgehead atoms. The molecule has 3 N–H and O–H groups in total. The zero-order valence-electron chi connectivity index (χ0n) is 14.1. The van der Waals surface area contributed by atoms with E-state index in [1.807, 2.05) is 0 Å². The minimum absolute atomic E-state index is 0.0811. The van der Waals surface area contributed by atoms with Crippen molar-refractivity contribution in [1.29, 1.82) is 0 Å². The maximum atomic E-state index is 12.6. The predicted molar refractivity (Wildman–Crippen MR) is 90.5 cm³/mol. The second-order valence-corrected chi connectivity index (χ2v) is 5.64. The van der Waals surface area contributed by atoms with Gasteiger partial charge < -0.3 is 24.9 Å². The van der Waals surface area contributed by atoms with Gasteiger partial charge in [-0.05, 0) is 24.6 Å². The predicted octanol–water partition coefficient (Wildman–Crippen LogP) is 1.56. The minimum atomic E-state index is -0.726. The first kappa shape index (κ1) is 16.6. The van der Waals surface area contributed by atoms with Crippen LogP contribution in [0.3, 0.4) is 0 Å². The summed E-state index contributed by atoms with van der Waals surface area (Å²) >= 11 is 0. The van der Waals surface area contributed by atoms with Gasteiger partial charge in [-0.25, -0.2) is 4.79 Å². The summed E-state index contributed by atoms with van der Waals surface area (Å²) in [7, 11) is 2.79. The molecular weight excluding hydrogens is 324 g/mol. The molecule has 0 saturated carbocycles. The lowest BCUT2D eigenvalue weighted by Crippen LogP contribution is -2.31. The average molecular weight is 342 g/mol. The summed E-state index contributed by atoms with van der Waals surface area (Å²) in [5.41, 5.74) is 7.31. The van der Waals surface area contributed by atoms with Crippen molar-refractivity contribution in [1.82, 2.24) is 4.98 Å². The van der Waals surface area contributed by atoms with Crippen LogP contribution < -0.4 is 20.8 Å². The number of carbonyl (C=O) groups excluding carboxylic acids is 1. The Bertz CT molecular complexity index is 929. The number of hydrogen-bond donors (Lipinski definition) is 2. The molecule has 2 heterocycles. The van der Waals surface area contributed by atoms with Crippen molar-refractivity contribution in [2.24, 2.45) is 5.73 Å². The van der Waals surface area contributed by atoms with E-state index in [1.54, 1.807) is 44.4 Å². The quantitative estimate of drug-likeness (QED) is 0.821. The Morgan fingerprint density at radius 3 is 2.72 bits per heavy atom. The summed E-state index contributed by atoms with van der Waals surface area (Å²) in [5, 5.41) is 0. The second kappa shape index (κ2) is 6.35. The van der Waals surface area contributed by atoms with E-state index >= 15 is 0 Å². The molecule has 3 rings (SSSR count). The molecule has 2 aromatic rings. The smallest absolute Gasteiger partial charge is 0.340 e. The van der Waals surface area contributed by atoms with E-state index in [0.717, 1.165) is 0 Å². The van der Waals surface area contributed by atoms with Crippen molar-refractivity contribution in [2.45, 2.75) is 12.8 Å². The van der Waals surface area contributed by atoms with E-state index in [-0.39, 0.29) is 17.0 Å². The largest absolute Gasteiger partial charge is 0.497 e. The number of ether oxygens (including phenoxy) is 3. The van der Waals surface area contributed by atoms with Crippen LogP contribution in [0.5, 0.6) is 11.5 Å². The number of methoxy groups -OCH3 is 2. The van der Waals surface area contributed by atoms with Crippen LogP contribution in [-0.4, -0.2) is 25.2 Å². The van der Waals surface area contributed by atoms with Gasteiger partial charge >= 0.3 is 5.97 Å². The number of aromatic amines is 1. The summed E-state index contributed by atoms with van der Waals surface area (Å²) in [6, 6.07) is 8.75. The Kier molecular flexibility index (Phi) is 4.22. The topological polar surface area (TPSA) is 104 Å². The molecule has 0 spiro atoms. The lowest BCUT2D eigenvalue weighted by molar-refractivity contribution is -0.136. The Morgan fingerprint density at radius 2 is 2.04 bits per heavy atom. The Hall–Kier alpha value is -3.22. The number of aromatic nitrogens is 1. The van der Waals surface area contributed by atoms with Gasteiger partial charge in [0.05, 0.1) is 25.7 Å². The fourth-order valence-corrected chi connectivity index (χ4v) is 2.97. The first-order valence-electron chi connectivity index (χ1n) is 7.59. The number of rotatable bonds is 3. The van der Waals surface area contributed by atoms with Crippen LogP contribution in [0.1, 0.15) is 22.7 Å². The highest BCUT2D eigenvalue weighted by Crippen LogP contribution is 2.41. The number of pyridine rings is 1. The number of carbonyl (C=O) groups is 1. The molecule has 0 amide bonds. The van der Waals surface area contributed by atoms with Gasteiger partial charge in [-0.3, -0.25) is 4.79 Å². The van der Waals surface area contributed by atoms with Gasteiger partial charge in [-0.15, -0.1) is 0 Å². The molecule has 0 saturated heterocycles. The lowest BCUT2D eigenvalue weighted by Gasteiger charge is -2.27. The molecule has 1 aromatic heterocycles. The molecule has 7 heteroatoms. The summed E-state index contributed by atoms with van der Waals surface area (Å²) in [5.74, 6) is -0.556. The number of nitrogens with one attached hydrogen (secondary N) is 1. The van der Waals surface area contributed by atoms with E-state index in [2.05, 4.69) is 4.98 Å². The van der Waals surface area contributed by atoms with E-state index in [4.69, 9.17) is 19.9 Å². The highest BCUT2D eigenvalue weighted by Gasteiger charge is 2.37. The monoisotopic (exact) mass is 342 g/mol. The SMILES string of the molecule is COC(=O)C1=C(N)Oc2cc(C)[nH]c(=O)c2C1c1cccc(OC)c1. The van der Waals surface area contributed by atoms with Crippen molar-refractivity contribution in [2.75, 3.05) is 14.2 Å². The molecule has 7 nitrogen and oxygen atoms in total. The van der Waals surface area contributed by atoms with Crippen LogP contribution in [-0.2, 0) is 9.53 Å². The maximum absolute atomic E-state index is 12.6. The van der Waals surface area contributed by atoms with Crippen molar-refractivity contribution < 1.29 is 19.0 Å². The Balaban J connectivity index is 2.30. The highest BCUT2D eigenvalue weighted by molar-refractivity contribution is 5.92. The molecule has 130 valence electrons. The summed E-state index contributed by atoms with van der Waals surface area (Å²) in [6.07, 6.45) is 0. The Labute approximate surface area is 144 Å². The van der Waals surface area contributed by atoms with Gasteiger partial charge in [-0.2, -0.15) is 0 Å². The standard InChI is InChI=1S/C18H18N2O5/c1-9-7-12-14(17(21)20-9)13(10-5-4-6-11(8-10)23-2)15(16(19)25-12)18(22)24-3/h4-8,13H,19H2,1-3H3,(H,20,21). The fraction of sp³-hybridized carbons (Fsp3) is 0.222. The number of fused-ring (bicyclic) bond motifs is 1. The van der Waals surface area contributed by atoms with E-state index in [1.165, 1.54) is 7.11 Å². The fourth-order valence-electron chi connectivity index (χ4n) is 2.97. The van der Waals surface area contributed by atoms with Crippen LogP contribution >= 0.6 is 0 Å². The zero-order chi connectivity index (χ0) is 18.1. The lowest BCUT2D eigenvalue weighted by atomic mass is 9.83. The van der Waals surface area contributed by atoms with E-state index in [9.17, 15) is 9.59 Å². The molecular formula is C18H18N2O5. The first-order chi connectivity index (χ1) is 12.0. The molecule has 0 fully saturated rings. The van der Waals surface area contributed by atoms with Crippen molar-refractivity contribution in [3.63, 3.8) is 0 Å². The third-order valence-corrected chi connectivity index (χ3v) is 4.06. The van der Waals surface area contributed by atoms with Crippen molar-refractivity contribution in [3.8, 4) is 11.5 Å². The normalized spacial score (nSPS) is 16.0. The van der Waals surface area contributed by atoms with Crippen molar-refractivity contribution in [3.05, 3.63) is 69.0 Å². The van der Waals surface area contributed by atoms with Crippen molar-refractivity contribution >= 4 is 5.97 Å². The molecule has 1 aromatic carbocycles. The second-order valence-electron chi connectivity index (χ2n) is 5.64. The average Bonchev–Trinajstić information content (AvgIpc) is 2.59. The third kappa shape index (κ3) is 2.84. The maximum Gasteiger partial charge on any atom is 0.340 e. The number of aryl methyl sites for hydroxylation is 1. The summed E-state index contributed by atoms with van der Waals surface area (Å²) in [6.45, 7) is 1.74. The number of H-pyrrole nitrogens is 1. The third-order valence-electron chi connectivity index (χ3n) is 4.06. The molecule has 1 aliphatic heterocycles. The molecule has 25 heavy (non-hydrogen) atoms. The molecule has 1 aliphatic rings. The van der Waals surface area contributed by atoms with E-state index < -0.39 is 11.9 Å². The van der Waals surface area contributed by atoms with Crippen LogP contribution in [0.2, 0.25) is 0 Å². The van der Waals surface area contributed by atoms with Crippen LogP contribution in [0.15, 0.2) is 46.6 Å². The summed E-state index contributed by atoms with van der Waals surface area (Å²) in [4.78, 5) is 27.7. The van der Waals surface area contributed by atoms with Crippen LogP contribution in [0.4, 0.5) is 0 Å². The number of benzene rings is 1. The molecule has 1 atom stereocenters. The number of hydrogen-bond acceptors (Lipinski definition) is 6. The minimum Gasteiger partial charge on any atom is -0.497 e. The zero-order valence-corrected chi connectivity index (χ0v) is 14.1. The van der Waals surface area contributed by atoms with Gasteiger partial charge in [0.2, 0.25) is 5.88 Å². The van der Waals surface area contributed by atoms with Crippen LogP contribution in [0.25, 0.3) is 0 Å². The van der Waals surface area contributed by atoms with Gasteiger partial charge in [0.15, 0.2) is 0 Å². The number of esters is 1. The van der Waals surface area contributed by atoms with Crippen LogP contribution in [0, 0.1) is 6.92 Å². The highest BCUT2D eigenvalue weighted by atomic mass is 16.5.